The van der Waals surface area contributed by atoms with E-state index in [2.05, 4.69) is 0 Å². The van der Waals surface area contributed by atoms with Crippen LogP contribution >= 0.6 is 11.8 Å². The van der Waals surface area contributed by atoms with Crippen LogP contribution in [-0.4, -0.2) is 41.1 Å². The van der Waals surface area contributed by atoms with Crippen LogP contribution in [0.4, 0.5) is 0 Å². The Morgan fingerprint density at radius 2 is 2.46 bits per heavy atom. The van der Waals surface area contributed by atoms with Gasteiger partial charge in [-0.25, -0.2) is 0 Å². The zero-order valence-electron chi connectivity index (χ0n) is 7.73. The summed E-state index contributed by atoms with van der Waals surface area (Å²) in [5.41, 5.74) is 0. The molecular formula is C8H14O4S. The minimum absolute atomic E-state index is 0.0194. The van der Waals surface area contributed by atoms with Gasteiger partial charge in [-0.15, -0.1) is 0 Å². The minimum Gasteiger partial charge on any atom is -0.394 e. The summed E-state index contributed by atoms with van der Waals surface area (Å²) < 4.78 is 10.6. The van der Waals surface area contributed by atoms with Gasteiger partial charge in [0.05, 0.1) is 18.5 Å². The highest BCUT2D eigenvalue weighted by Gasteiger charge is 2.30. The molecule has 3 unspecified atom stereocenters. The third-order valence-corrected chi connectivity index (χ3v) is 2.64. The number of hydrogen-bond donors (Lipinski definition) is 1. The Bertz CT molecular complexity index is 185. The van der Waals surface area contributed by atoms with E-state index in [1.807, 2.05) is 6.92 Å². The molecule has 0 aromatic heterocycles. The molecule has 1 heterocycles. The number of rotatable bonds is 3. The molecule has 13 heavy (non-hydrogen) atoms. The second kappa shape index (κ2) is 4.95. The van der Waals surface area contributed by atoms with Crippen molar-refractivity contribution in [3.8, 4) is 0 Å². The van der Waals surface area contributed by atoms with Crippen LogP contribution in [0.2, 0.25) is 0 Å². The van der Waals surface area contributed by atoms with Crippen molar-refractivity contribution in [1.29, 1.82) is 0 Å². The second-order valence-electron chi connectivity index (χ2n) is 2.96. The summed E-state index contributed by atoms with van der Waals surface area (Å²) in [6, 6.07) is 0. The highest BCUT2D eigenvalue weighted by atomic mass is 32.2. The van der Waals surface area contributed by atoms with Crippen molar-refractivity contribution >= 4 is 16.9 Å². The molecule has 76 valence electrons. The van der Waals surface area contributed by atoms with Crippen molar-refractivity contribution in [3.05, 3.63) is 0 Å². The molecule has 0 amide bonds. The van der Waals surface area contributed by atoms with Crippen LogP contribution in [0, 0.1) is 0 Å². The van der Waals surface area contributed by atoms with Gasteiger partial charge in [0.1, 0.15) is 6.10 Å². The maximum atomic E-state index is 10.8. The summed E-state index contributed by atoms with van der Waals surface area (Å²) in [7, 11) is 0. The summed E-state index contributed by atoms with van der Waals surface area (Å²) in [6.45, 7) is 3.76. The number of aliphatic hydroxyl groups is 1. The summed E-state index contributed by atoms with van der Waals surface area (Å²) in [5, 5.41) is 8.80. The Labute approximate surface area is 81.6 Å². The normalized spacial score (nSPS) is 30.4. The van der Waals surface area contributed by atoms with Crippen LogP contribution in [0.1, 0.15) is 13.8 Å². The Hall–Kier alpha value is -0.100. The number of hydrogen-bond acceptors (Lipinski definition) is 5. The van der Waals surface area contributed by atoms with E-state index in [0.29, 0.717) is 6.61 Å². The largest absolute Gasteiger partial charge is 0.394 e. The van der Waals surface area contributed by atoms with Crippen molar-refractivity contribution in [2.75, 3.05) is 13.2 Å². The SMILES string of the molecule is CC(=O)SC(C)C1OCC(CO)O1. The van der Waals surface area contributed by atoms with E-state index in [1.165, 1.54) is 18.7 Å². The van der Waals surface area contributed by atoms with Gasteiger partial charge in [-0.05, 0) is 6.92 Å². The van der Waals surface area contributed by atoms with E-state index in [0.717, 1.165) is 0 Å². The smallest absolute Gasteiger partial charge is 0.186 e. The molecule has 0 aromatic rings. The van der Waals surface area contributed by atoms with E-state index < -0.39 is 0 Å². The Morgan fingerprint density at radius 1 is 1.77 bits per heavy atom. The first-order valence-corrected chi connectivity index (χ1v) is 5.06. The standard InChI is InChI=1S/C8H14O4S/c1-5(13-6(2)10)8-11-4-7(3-9)12-8/h5,7-9H,3-4H2,1-2H3. The van der Waals surface area contributed by atoms with Crippen molar-refractivity contribution in [2.45, 2.75) is 31.5 Å². The Kier molecular flexibility index (Phi) is 4.18. The van der Waals surface area contributed by atoms with Crippen molar-refractivity contribution in [1.82, 2.24) is 0 Å². The highest BCUT2D eigenvalue weighted by Crippen LogP contribution is 2.23. The fourth-order valence-electron chi connectivity index (χ4n) is 1.13. The van der Waals surface area contributed by atoms with Crippen LogP contribution in [-0.2, 0) is 14.3 Å². The monoisotopic (exact) mass is 206 g/mol. The lowest BCUT2D eigenvalue weighted by Crippen LogP contribution is -2.24. The number of ether oxygens (including phenoxy) is 2. The lowest BCUT2D eigenvalue weighted by molar-refractivity contribution is -0.109. The van der Waals surface area contributed by atoms with Gasteiger partial charge in [-0.2, -0.15) is 0 Å². The third-order valence-electron chi connectivity index (χ3n) is 1.71. The van der Waals surface area contributed by atoms with Crippen LogP contribution in [0.15, 0.2) is 0 Å². The van der Waals surface area contributed by atoms with Gasteiger partial charge in [0.25, 0.3) is 0 Å². The van der Waals surface area contributed by atoms with Gasteiger partial charge in [0, 0.05) is 6.92 Å². The minimum atomic E-state index is -0.369. The van der Waals surface area contributed by atoms with Gasteiger partial charge in [0.2, 0.25) is 0 Å². The average molecular weight is 206 g/mol. The van der Waals surface area contributed by atoms with Crippen LogP contribution in [0.5, 0.6) is 0 Å². The topological polar surface area (TPSA) is 55.8 Å². The fourth-order valence-corrected chi connectivity index (χ4v) is 1.91. The third kappa shape index (κ3) is 3.27. The molecule has 1 saturated heterocycles. The first kappa shape index (κ1) is 11.0. The first-order chi connectivity index (χ1) is 6.13. The molecule has 1 aliphatic heterocycles. The van der Waals surface area contributed by atoms with Crippen LogP contribution in [0.25, 0.3) is 0 Å². The lowest BCUT2D eigenvalue weighted by Gasteiger charge is -2.16. The Morgan fingerprint density at radius 3 is 2.92 bits per heavy atom. The molecule has 3 atom stereocenters. The second-order valence-corrected chi connectivity index (χ2v) is 4.51. The predicted octanol–water partition coefficient (Wildman–Crippen LogP) is 0.388. The van der Waals surface area contributed by atoms with Crippen molar-refractivity contribution < 1.29 is 19.4 Å². The molecule has 0 saturated carbocycles. The molecule has 1 fully saturated rings. The van der Waals surface area contributed by atoms with E-state index >= 15 is 0 Å². The first-order valence-electron chi connectivity index (χ1n) is 4.18. The Balaban J connectivity index is 2.32. The molecule has 5 heteroatoms. The molecule has 0 radical (unpaired) electrons. The molecule has 0 spiro atoms. The molecule has 1 rings (SSSR count). The van der Waals surface area contributed by atoms with Gasteiger partial charge < -0.3 is 14.6 Å². The molecule has 1 N–H and O–H groups in total. The van der Waals surface area contributed by atoms with Gasteiger partial charge >= 0.3 is 0 Å². The highest BCUT2D eigenvalue weighted by molar-refractivity contribution is 8.14. The van der Waals surface area contributed by atoms with Gasteiger partial charge in [-0.3, -0.25) is 4.79 Å². The van der Waals surface area contributed by atoms with Gasteiger partial charge in [0.15, 0.2) is 11.4 Å². The van der Waals surface area contributed by atoms with Crippen LogP contribution < -0.4 is 0 Å². The average Bonchev–Trinajstić information content (AvgIpc) is 2.50. The van der Waals surface area contributed by atoms with Gasteiger partial charge in [-0.1, -0.05) is 11.8 Å². The summed E-state index contributed by atoms with van der Waals surface area (Å²) >= 11 is 1.19. The maximum Gasteiger partial charge on any atom is 0.186 e. The predicted molar refractivity (Wildman–Crippen MR) is 49.4 cm³/mol. The number of thioether (sulfide) groups is 1. The molecule has 0 bridgehead atoms. The summed E-state index contributed by atoms with van der Waals surface area (Å²) in [5.74, 6) is 0. The summed E-state index contributed by atoms with van der Waals surface area (Å²) in [4.78, 5) is 10.8. The molecule has 0 aromatic carbocycles. The number of carbonyl (C=O) groups excluding carboxylic acids is 1. The molecule has 4 nitrogen and oxygen atoms in total. The molecule has 0 aliphatic carbocycles. The molecule has 1 aliphatic rings. The van der Waals surface area contributed by atoms with Crippen molar-refractivity contribution in [3.63, 3.8) is 0 Å². The fraction of sp³-hybridized carbons (Fsp3) is 0.875. The van der Waals surface area contributed by atoms with Crippen molar-refractivity contribution in [2.24, 2.45) is 0 Å². The van der Waals surface area contributed by atoms with E-state index in [4.69, 9.17) is 14.6 Å². The lowest BCUT2D eigenvalue weighted by atomic mass is 10.4. The number of carbonyl (C=O) groups is 1. The van der Waals surface area contributed by atoms with E-state index in [-0.39, 0.29) is 29.4 Å². The van der Waals surface area contributed by atoms with E-state index in [1.54, 1.807) is 0 Å². The van der Waals surface area contributed by atoms with E-state index in [9.17, 15) is 4.79 Å². The van der Waals surface area contributed by atoms with Crippen LogP contribution in [0.3, 0.4) is 0 Å². The maximum absolute atomic E-state index is 10.8. The molecular weight excluding hydrogens is 192 g/mol. The zero-order valence-corrected chi connectivity index (χ0v) is 8.54. The summed E-state index contributed by atoms with van der Waals surface area (Å²) in [6.07, 6.45) is -0.606. The zero-order chi connectivity index (χ0) is 9.84. The quantitative estimate of drug-likeness (QED) is 0.724. The number of aliphatic hydroxyl groups excluding tert-OH is 1.